The molecule has 0 fully saturated rings. The van der Waals surface area contributed by atoms with Gasteiger partial charge in [0.1, 0.15) is 12.2 Å². The van der Waals surface area contributed by atoms with Crippen LogP contribution < -0.4 is 11.1 Å². The smallest absolute Gasteiger partial charge is 0.313 e. The van der Waals surface area contributed by atoms with Gasteiger partial charge in [-0.05, 0) is 20.9 Å². The third kappa shape index (κ3) is 232. The summed E-state index contributed by atoms with van der Waals surface area (Å²) >= 11 is 0. The first-order valence-corrected chi connectivity index (χ1v) is 7.73. The lowest BCUT2D eigenvalue weighted by molar-refractivity contribution is -0.143. The van der Waals surface area contributed by atoms with Crippen molar-refractivity contribution in [2.24, 2.45) is 5.73 Å². The summed E-state index contributed by atoms with van der Waals surface area (Å²) in [4.78, 5) is 47.8. The van der Waals surface area contributed by atoms with E-state index in [4.69, 9.17) is 5.11 Å². The zero-order valence-electron chi connectivity index (χ0n) is 19.1. The number of aliphatic carboxylic acids is 1. The van der Waals surface area contributed by atoms with Crippen molar-refractivity contribution in [3.63, 3.8) is 0 Å². The Bertz CT molecular complexity index is 462. The Balaban J connectivity index is -0.0000000284. The molecule has 0 radical (unpaired) electrons. The molecule has 0 unspecified atom stereocenters. The molecule has 19 heteroatoms. The van der Waals surface area contributed by atoms with Crippen LogP contribution in [-0.4, -0.2) is 80.5 Å². The normalized spacial score (nSPS) is 7.33. The Labute approximate surface area is 202 Å². The van der Waals surface area contributed by atoms with Crippen molar-refractivity contribution < 1.29 is 79.5 Å². The van der Waals surface area contributed by atoms with Crippen LogP contribution in [0.5, 0.6) is 0 Å². The van der Waals surface area contributed by atoms with Crippen LogP contribution >= 0.6 is 0 Å². The van der Waals surface area contributed by atoms with Gasteiger partial charge >= 0.3 is 18.0 Å². The number of Topliss-reactive ketones (excluding diaryl/α,β-unsaturated/α-hetero) is 1. The average Bonchev–Trinajstić information content (AvgIpc) is 2.63. The number of nitrogens with one attached hydrogen (secondary N) is 1. The maximum atomic E-state index is 11.9. The molecule has 0 aliphatic carbocycles. The van der Waals surface area contributed by atoms with Crippen molar-refractivity contribution in [2.75, 3.05) is 34.9 Å². The number of allylic oxidation sites excluding steroid dienone is 1. The van der Waals surface area contributed by atoms with Crippen LogP contribution in [0.3, 0.4) is 0 Å². The van der Waals surface area contributed by atoms with Gasteiger partial charge in [-0.25, -0.2) is 26.3 Å². The number of rotatable bonds is 6. The molecule has 0 saturated heterocycles. The highest BCUT2D eigenvalue weighted by atomic mass is 19.3. The van der Waals surface area contributed by atoms with Crippen molar-refractivity contribution in [2.45, 2.75) is 34.1 Å². The fourth-order valence-electron chi connectivity index (χ4n) is 0.565. The molecule has 36 heavy (non-hydrogen) atoms. The molecular weight excluding hydrogens is 531 g/mol. The summed E-state index contributed by atoms with van der Waals surface area (Å²) < 4.78 is 91.7. The van der Waals surface area contributed by atoms with Crippen molar-refractivity contribution in [3.8, 4) is 0 Å². The molecule has 0 aliphatic rings. The van der Waals surface area contributed by atoms with Crippen LogP contribution in [-0.2, 0) is 24.0 Å². The molecule has 10 nitrogen and oxygen atoms in total. The molecule has 8 N–H and O–H groups in total. The number of hydrogen-bond acceptors (Lipinski definition) is 7. The van der Waals surface area contributed by atoms with Crippen molar-refractivity contribution in [1.82, 2.24) is 5.32 Å². The number of carboxylic acid groups (broad SMARTS) is 1. The van der Waals surface area contributed by atoms with E-state index in [1.807, 2.05) is 0 Å². The second-order valence-corrected chi connectivity index (χ2v) is 3.82. The van der Waals surface area contributed by atoms with E-state index in [0.29, 0.717) is 0 Å². The van der Waals surface area contributed by atoms with Crippen LogP contribution in [0.25, 0.3) is 0 Å². The van der Waals surface area contributed by atoms with E-state index in [-0.39, 0.29) is 24.2 Å². The first-order valence-electron chi connectivity index (χ1n) is 7.73. The molecule has 0 aromatic heterocycles. The molecule has 0 aromatic carbocycles. The summed E-state index contributed by atoms with van der Waals surface area (Å²) in [5, 5.41) is 9.79. The van der Waals surface area contributed by atoms with Gasteiger partial charge in [0.05, 0.1) is 6.42 Å². The fraction of sp³-hybridized carbons (Fsp3) is 0.588. The first kappa shape index (κ1) is 63.9. The maximum absolute atomic E-state index is 11.9. The zero-order valence-corrected chi connectivity index (χ0v) is 19.1. The van der Waals surface area contributed by atoms with E-state index >= 15 is 0 Å². The van der Waals surface area contributed by atoms with E-state index in [2.05, 4.69) is 11.1 Å². The zero-order chi connectivity index (χ0) is 28.4. The molecule has 0 rings (SSSR count). The number of halogens is 9. The molecule has 0 bridgehead atoms. The monoisotopic (exact) mass is 566 g/mol. The van der Waals surface area contributed by atoms with Gasteiger partial charge in [-0.15, -0.1) is 0 Å². The van der Waals surface area contributed by atoms with E-state index in [9.17, 15) is 63.5 Å². The van der Waals surface area contributed by atoms with Gasteiger partial charge < -0.3 is 27.1 Å². The van der Waals surface area contributed by atoms with Crippen molar-refractivity contribution >= 4 is 29.6 Å². The number of hydrogen-bond donors (Lipinski definition) is 3. The fourth-order valence-corrected chi connectivity index (χ4v) is 0.565. The van der Waals surface area contributed by atoms with Crippen LogP contribution in [0.1, 0.15) is 34.1 Å². The predicted molar refractivity (Wildman–Crippen MR) is 114 cm³/mol. The summed E-state index contributed by atoms with van der Waals surface area (Å²) in [5.41, 5.74) is 4.50. The molecule has 224 valence electrons. The highest BCUT2D eigenvalue weighted by Gasteiger charge is 2.03. The summed E-state index contributed by atoms with van der Waals surface area (Å²) in [6.07, 6.45) is -0.722. The molecule has 0 spiro atoms. The lowest BCUT2D eigenvalue weighted by atomic mass is 10.3. The molecule has 0 aliphatic heterocycles. The Morgan fingerprint density at radius 2 is 1.00 bits per heavy atom. The Morgan fingerprint density at radius 1 is 0.750 bits per heavy atom. The van der Waals surface area contributed by atoms with Gasteiger partial charge in [-0.3, -0.25) is 24.0 Å². The SMILES string of the molecule is C.CC(=O)CC(=O)F.CN.CN/C(F)=C\C(C)=O.FCF.FCF.FCF.O.O.O=C(O)CC(=O)F. The van der Waals surface area contributed by atoms with Gasteiger partial charge in [-0.2, -0.15) is 13.2 Å². The topological polar surface area (TPSA) is 207 Å². The number of nitrogens with two attached hydrogens (primary N) is 1. The van der Waals surface area contributed by atoms with Gasteiger partial charge in [0, 0.05) is 13.1 Å². The Hall–Kier alpha value is -3.06. The quantitative estimate of drug-likeness (QED) is 0.142. The molecular formula is C17H35F9N2O8. The number of carboxylic acids is 1. The van der Waals surface area contributed by atoms with Crippen LogP contribution in [0, 0.1) is 0 Å². The third-order valence-corrected chi connectivity index (χ3v) is 1.25. The van der Waals surface area contributed by atoms with Crippen LogP contribution in [0.15, 0.2) is 12.0 Å². The molecule has 0 saturated carbocycles. The second kappa shape index (κ2) is 63.5. The lowest BCUT2D eigenvalue weighted by Gasteiger charge is -1.88. The number of ketones is 2. The summed E-state index contributed by atoms with van der Waals surface area (Å²) in [6.45, 7) is -2.80. The van der Waals surface area contributed by atoms with Gasteiger partial charge in [0.2, 0.25) is 20.8 Å². The molecule has 0 atom stereocenters. The Morgan fingerprint density at radius 3 is 1.03 bits per heavy atom. The van der Waals surface area contributed by atoms with E-state index < -0.39 is 63.4 Å². The minimum absolute atomic E-state index is 0. The van der Waals surface area contributed by atoms with Crippen LogP contribution in [0.2, 0.25) is 0 Å². The van der Waals surface area contributed by atoms with Crippen molar-refractivity contribution in [1.29, 1.82) is 0 Å². The van der Waals surface area contributed by atoms with E-state index in [1.165, 1.54) is 21.0 Å². The molecule has 0 aromatic rings. The highest BCUT2D eigenvalue weighted by molar-refractivity contribution is 5.93. The lowest BCUT2D eigenvalue weighted by Crippen LogP contribution is -2.01. The minimum atomic E-state index is -1.81. The highest BCUT2D eigenvalue weighted by Crippen LogP contribution is 1.87. The van der Waals surface area contributed by atoms with Crippen LogP contribution in [0.4, 0.5) is 39.5 Å². The maximum Gasteiger partial charge on any atom is 0.313 e. The summed E-state index contributed by atoms with van der Waals surface area (Å²) in [5.74, 6) is -2.77. The predicted octanol–water partition coefficient (Wildman–Crippen LogP) is 2.23. The van der Waals surface area contributed by atoms with Gasteiger partial charge in [0.25, 0.3) is 0 Å². The molecule has 0 heterocycles. The Kier molecular flexibility index (Phi) is 113. The third-order valence-electron chi connectivity index (χ3n) is 1.25. The standard InChI is InChI=1S/C5H8FNO.C4H5FO2.C3H3FO3.3CH2F2.CH5N.CH4.2H2O/c1-4(8)3-5(6)7-2;1-3(6)2-4(5)7;4-2(5)1-3(6)7;3*2-1-3;1-2;;;/h3,7H,1-2H3;2H2,1H3;1H2,(H,6,7);3*1H2;2H2,1H3;1H4;2*1H2/b5-3-;;;;;;;;;. The largest absolute Gasteiger partial charge is 0.481 e. The number of carbonyl (C=O) groups excluding carboxylic acids is 4. The van der Waals surface area contributed by atoms with E-state index in [0.717, 1.165) is 13.0 Å². The van der Waals surface area contributed by atoms with Gasteiger partial charge in [0.15, 0.2) is 11.7 Å². The molecule has 0 amide bonds. The number of carbonyl (C=O) groups is 5. The average molecular weight is 566 g/mol. The van der Waals surface area contributed by atoms with Crippen molar-refractivity contribution in [3.05, 3.63) is 12.0 Å². The second-order valence-electron chi connectivity index (χ2n) is 3.82. The summed E-state index contributed by atoms with van der Waals surface area (Å²) in [7, 11) is 2.91. The van der Waals surface area contributed by atoms with E-state index in [1.54, 1.807) is 0 Å². The van der Waals surface area contributed by atoms with Gasteiger partial charge in [-0.1, -0.05) is 7.43 Å². The first-order chi connectivity index (χ1) is 15.2. The number of alkyl halides is 6. The minimum Gasteiger partial charge on any atom is -0.481 e. The summed E-state index contributed by atoms with van der Waals surface area (Å²) in [6, 6.07) is -3.37.